The Kier molecular flexibility index (Phi) is 6.45. The summed E-state index contributed by atoms with van der Waals surface area (Å²) in [5.41, 5.74) is 0.459. The quantitative estimate of drug-likeness (QED) is 0.681. The first-order valence-corrected chi connectivity index (χ1v) is 11.4. The summed E-state index contributed by atoms with van der Waals surface area (Å²) in [5.74, 6) is -1.32. The van der Waals surface area contributed by atoms with E-state index in [9.17, 15) is 20.0 Å². The zero-order valence-corrected chi connectivity index (χ0v) is 20.0. The lowest BCUT2D eigenvalue weighted by atomic mass is 9.78. The molecule has 3 rings (SSSR count). The van der Waals surface area contributed by atoms with E-state index in [1.54, 1.807) is 43.0 Å². The molecule has 0 unspecified atom stereocenters. The number of hydrogen-bond donors (Lipinski definition) is 1. The molecule has 0 amide bonds. The Balaban J connectivity index is 2.24. The van der Waals surface area contributed by atoms with Crippen molar-refractivity contribution in [1.29, 1.82) is 5.26 Å². The number of hydrogen-bond acceptors (Lipinski definition) is 8. The van der Waals surface area contributed by atoms with Crippen molar-refractivity contribution in [2.45, 2.75) is 46.3 Å². The van der Waals surface area contributed by atoms with E-state index >= 15 is 0 Å². The van der Waals surface area contributed by atoms with Gasteiger partial charge in [-0.15, -0.1) is 11.8 Å². The molecule has 32 heavy (non-hydrogen) atoms. The third-order valence-corrected chi connectivity index (χ3v) is 7.22. The highest BCUT2D eigenvalue weighted by atomic mass is 32.2. The fourth-order valence-corrected chi connectivity index (χ4v) is 5.73. The normalized spacial score (nSPS) is 23.1. The minimum absolute atomic E-state index is 0.181. The summed E-state index contributed by atoms with van der Waals surface area (Å²) in [6, 6.07) is 8.93. The molecule has 0 bridgehead atoms. The van der Waals surface area contributed by atoms with E-state index in [-0.39, 0.29) is 6.61 Å². The number of fused-ring (bicyclic) bond motifs is 1. The van der Waals surface area contributed by atoms with Crippen molar-refractivity contribution in [1.82, 2.24) is 4.90 Å². The summed E-state index contributed by atoms with van der Waals surface area (Å²) in [4.78, 5) is 26.7. The van der Waals surface area contributed by atoms with Crippen LogP contribution >= 0.6 is 11.8 Å². The van der Waals surface area contributed by atoms with Gasteiger partial charge >= 0.3 is 11.9 Å². The molecule has 1 aromatic carbocycles. The number of esters is 2. The lowest BCUT2D eigenvalue weighted by Crippen LogP contribution is -2.55. The van der Waals surface area contributed by atoms with Crippen LogP contribution in [0.3, 0.4) is 0 Å². The van der Waals surface area contributed by atoms with Gasteiger partial charge in [0.2, 0.25) is 0 Å². The number of aliphatic hydroxyl groups is 1. The van der Waals surface area contributed by atoms with E-state index in [1.165, 1.54) is 18.9 Å². The molecular weight excluding hydrogens is 428 g/mol. The van der Waals surface area contributed by atoms with Crippen LogP contribution < -0.4 is 0 Å². The number of ether oxygens (including phenoxy) is 2. The molecule has 0 spiro atoms. The molecule has 2 heterocycles. The van der Waals surface area contributed by atoms with E-state index in [1.807, 2.05) is 20.8 Å². The lowest BCUT2D eigenvalue weighted by Gasteiger charge is -2.47. The number of carbonyl (C=O) groups is 2. The smallest absolute Gasteiger partial charge is 0.337 e. The van der Waals surface area contributed by atoms with Crippen molar-refractivity contribution in [2.24, 2.45) is 5.41 Å². The molecule has 1 aromatic rings. The van der Waals surface area contributed by atoms with Crippen LogP contribution in [0.2, 0.25) is 0 Å². The summed E-state index contributed by atoms with van der Waals surface area (Å²) in [6.07, 6.45) is 0. The predicted octanol–water partition coefficient (Wildman–Crippen LogP) is 3.93. The second-order valence-electron chi connectivity index (χ2n) is 8.79. The Morgan fingerprint density at radius 3 is 2.41 bits per heavy atom. The molecule has 0 saturated carbocycles. The highest BCUT2D eigenvalue weighted by molar-refractivity contribution is 8.03. The second-order valence-corrected chi connectivity index (χ2v) is 9.75. The summed E-state index contributed by atoms with van der Waals surface area (Å²) in [6.45, 7) is 9.46. The highest BCUT2D eigenvalue weighted by Gasteiger charge is 2.55. The van der Waals surface area contributed by atoms with Gasteiger partial charge < -0.3 is 19.5 Å². The predicted molar refractivity (Wildman–Crippen MR) is 121 cm³/mol. The fraction of sp³-hybridized carbons (Fsp3) is 0.458. The molecule has 0 aliphatic carbocycles. The first-order valence-electron chi connectivity index (χ1n) is 10.4. The van der Waals surface area contributed by atoms with Crippen LogP contribution in [0.5, 0.6) is 0 Å². The van der Waals surface area contributed by atoms with Crippen LogP contribution in [0.15, 0.2) is 46.1 Å². The maximum Gasteiger partial charge on any atom is 0.337 e. The average molecular weight is 457 g/mol. The first kappa shape index (κ1) is 23.9. The van der Waals surface area contributed by atoms with Crippen molar-refractivity contribution in [3.8, 4) is 6.07 Å². The number of benzene rings is 1. The lowest BCUT2D eigenvalue weighted by molar-refractivity contribution is -0.140. The van der Waals surface area contributed by atoms with E-state index in [2.05, 4.69) is 6.07 Å². The van der Waals surface area contributed by atoms with Gasteiger partial charge in [0.25, 0.3) is 0 Å². The Morgan fingerprint density at radius 2 is 1.91 bits per heavy atom. The van der Waals surface area contributed by atoms with Crippen LogP contribution in [-0.2, 0) is 14.3 Å². The molecule has 2 atom stereocenters. The van der Waals surface area contributed by atoms with Gasteiger partial charge in [-0.3, -0.25) is 0 Å². The Morgan fingerprint density at radius 1 is 1.28 bits per heavy atom. The van der Waals surface area contributed by atoms with Crippen molar-refractivity contribution >= 4 is 23.7 Å². The monoisotopic (exact) mass is 456 g/mol. The molecule has 7 nitrogen and oxygen atoms in total. The van der Waals surface area contributed by atoms with Gasteiger partial charge in [0.05, 0.1) is 47.4 Å². The van der Waals surface area contributed by atoms with Crippen LogP contribution in [-0.4, -0.2) is 47.1 Å². The number of carbonyl (C=O) groups excluding carboxylic acids is 2. The number of rotatable bonds is 4. The zero-order valence-electron chi connectivity index (χ0n) is 19.2. The molecule has 2 aliphatic heterocycles. The minimum Gasteiger partial charge on any atom is -0.465 e. The number of nitriles is 1. The first-order chi connectivity index (χ1) is 15.0. The van der Waals surface area contributed by atoms with Crippen molar-refractivity contribution in [3.63, 3.8) is 0 Å². The molecule has 8 heteroatoms. The summed E-state index contributed by atoms with van der Waals surface area (Å²) in [7, 11) is 1.31. The van der Waals surface area contributed by atoms with Crippen LogP contribution in [0, 0.1) is 16.7 Å². The van der Waals surface area contributed by atoms with Crippen LogP contribution in [0.1, 0.15) is 56.5 Å². The van der Waals surface area contributed by atoms with Crippen molar-refractivity contribution in [3.05, 3.63) is 57.3 Å². The van der Waals surface area contributed by atoms with E-state index < -0.39 is 29.0 Å². The number of nitrogens with zero attached hydrogens (tertiary/aromatic N) is 2. The summed E-state index contributed by atoms with van der Waals surface area (Å²) < 4.78 is 10.1. The number of methoxy groups -OCH3 is 1. The average Bonchev–Trinajstić information content (AvgIpc) is 3.12. The van der Waals surface area contributed by atoms with Gasteiger partial charge in [0.15, 0.2) is 5.72 Å². The zero-order chi connectivity index (χ0) is 23.8. The maximum atomic E-state index is 13.1. The van der Waals surface area contributed by atoms with Gasteiger partial charge in [-0.05, 0) is 31.5 Å². The van der Waals surface area contributed by atoms with Gasteiger partial charge in [0, 0.05) is 16.9 Å². The van der Waals surface area contributed by atoms with E-state index in [4.69, 9.17) is 9.47 Å². The highest BCUT2D eigenvalue weighted by Crippen LogP contribution is 2.56. The van der Waals surface area contributed by atoms with Crippen molar-refractivity contribution in [2.75, 3.05) is 19.5 Å². The third-order valence-electron chi connectivity index (χ3n) is 6.00. The van der Waals surface area contributed by atoms with Crippen LogP contribution in [0.25, 0.3) is 0 Å². The molecule has 0 radical (unpaired) electrons. The summed E-state index contributed by atoms with van der Waals surface area (Å²) in [5, 5.41) is 22.4. The number of thioether (sulfide) groups is 1. The molecular formula is C24H28N2O5S. The molecule has 1 N–H and O–H groups in total. The van der Waals surface area contributed by atoms with Crippen molar-refractivity contribution < 1.29 is 24.2 Å². The molecule has 2 aliphatic rings. The van der Waals surface area contributed by atoms with Gasteiger partial charge in [0.1, 0.15) is 0 Å². The van der Waals surface area contributed by atoms with E-state index in [0.717, 1.165) is 0 Å². The Hall–Kier alpha value is -2.76. The van der Waals surface area contributed by atoms with Gasteiger partial charge in [-0.2, -0.15) is 5.26 Å². The topological polar surface area (TPSA) is 99.9 Å². The fourth-order valence-electron chi connectivity index (χ4n) is 4.09. The molecule has 0 aromatic heterocycles. The third kappa shape index (κ3) is 3.70. The Bertz CT molecular complexity index is 1050. The SMILES string of the molecule is CCOC(=O)C1=C(C)N2C(=C(C#N)[C@H]1c1ccc(C(=O)OC)cc1)SC[C@]2(O)C(C)(C)C. The van der Waals surface area contributed by atoms with Gasteiger partial charge in [-0.1, -0.05) is 32.9 Å². The number of allylic oxidation sites excluding steroid dienone is 2. The van der Waals surface area contributed by atoms with E-state index in [0.29, 0.717) is 38.8 Å². The largest absolute Gasteiger partial charge is 0.465 e. The second kappa shape index (κ2) is 8.64. The minimum atomic E-state index is -1.28. The van der Waals surface area contributed by atoms with Crippen LogP contribution in [0.4, 0.5) is 0 Å². The molecule has 170 valence electrons. The maximum absolute atomic E-state index is 13.1. The van der Waals surface area contributed by atoms with Gasteiger partial charge in [-0.25, -0.2) is 9.59 Å². The molecule has 1 fully saturated rings. The Labute approximate surface area is 192 Å². The molecule has 1 saturated heterocycles. The summed E-state index contributed by atoms with van der Waals surface area (Å²) >= 11 is 1.41. The standard InChI is InChI=1S/C24H28N2O5S/c1-7-31-22(28)18-14(2)26-20(32-13-24(26,29)23(3,4)5)17(12-25)19(18)15-8-10-16(11-9-15)21(27)30-6/h8-11,19,29H,7,13H2,1-6H3/t19-,24+/m1/s1.